The number of nitrogens with one attached hydrogen (secondary N) is 2. The number of carbonyl (C=O) groups excluding carboxylic acids is 2. The Morgan fingerprint density at radius 3 is 2.65 bits per heavy atom. The third-order valence-electron chi connectivity index (χ3n) is 4.64. The van der Waals surface area contributed by atoms with E-state index < -0.39 is 17.9 Å². The Balaban J connectivity index is 2.49. The lowest BCUT2D eigenvalue weighted by Crippen LogP contribution is -2.35. The van der Waals surface area contributed by atoms with Gasteiger partial charge in [0.05, 0.1) is 62.3 Å². The second-order valence-electron chi connectivity index (χ2n) is 6.61. The third-order valence-corrected chi connectivity index (χ3v) is 4.98. The van der Waals surface area contributed by atoms with Crippen molar-refractivity contribution >= 4 is 23.5 Å². The van der Waals surface area contributed by atoms with Crippen LogP contribution in [0.2, 0.25) is 5.02 Å². The van der Waals surface area contributed by atoms with Gasteiger partial charge in [-0.3, -0.25) is 0 Å². The summed E-state index contributed by atoms with van der Waals surface area (Å²) < 4.78 is 16.0. The Labute approximate surface area is 186 Å². The number of halogens is 1. The van der Waals surface area contributed by atoms with Gasteiger partial charge in [0.15, 0.2) is 0 Å². The fourth-order valence-electron chi connectivity index (χ4n) is 3.32. The van der Waals surface area contributed by atoms with Crippen LogP contribution in [0.5, 0.6) is 0 Å². The molecule has 0 aliphatic carbocycles. The first-order chi connectivity index (χ1) is 15.0. The number of nitrogens with zero attached hydrogens (tertiary/aromatic N) is 1. The first-order valence-electron chi connectivity index (χ1n) is 9.82. The Kier molecular flexibility index (Phi) is 9.53. The van der Waals surface area contributed by atoms with Gasteiger partial charge < -0.3 is 24.8 Å². The Hall–Kier alpha value is -2.86. The number of rotatable bonds is 10. The molecule has 1 aliphatic rings. The van der Waals surface area contributed by atoms with E-state index in [9.17, 15) is 9.59 Å². The summed E-state index contributed by atoms with van der Waals surface area (Å²) in [5.74, 6) is -1.93. The molecule has 9 heteroatoms. The number of benzene rings is 1. The average molecular weight is 448 g/mol. The quantitative estimate of drug-likeness (QED) is 0.319. The molecule has 1 aliphatic heterocycles. The maximum absolute atomic E-state index is 13.0. The van der Waals surface area contributed by atoms with Crippen LogP contribution in [-0.2, 0) is 23.8 Å². The molecule has 31 heavy (non-hydrogen) atoms. The van der Waals surface area contributed by atoms with Gasteiger partial charge in [-0.25, -0.2) is 9.59 Å². The smallest absolute Gasteiger partial charge is 0.336 e. The highest BCUT2D eigenvalue weighted by atomic mass is 35.5. The molecule has 1 heterocycles. The van der Waals surface area contributed by atoms with Crippen molar-refractivity contribution in [1.29, 1.82) is 5.26 Å². The lowest BCUT2D eigenvalue weighted by Gasteiger charge is -2.31. The van der Waals surface area contributed by atoms with Crippen molar-refractivity contribution in [3.63, 3.8) is 0 Å². The van der Waals surface area contributed by atoms with Crippen LogP contribution >= 0.6 is 11.6 Å². The molecule has 2 rings (SSSR count). The molecule has 8 nitrogen and oxygen atoms in total. The fraction of sp³-hybridized carbons (Fsp3) is 0.409. The molecule has 1 aromatic rings. The molecule has 1 unspecified atom stereocenters. The summed E-state index contributed by atoms with van der Waals surface area (Å²) in [6.45, 7) is 4.70. The Morgan fingerprint density at radius 2 is 2.00 bits per heavy atom. The lowest BCUT2D eigenvalue weighted by atomic mass is 9.80. The van der Waals surface area contributed by atoms with Gasteiger partial charge in [-0.15, -0.1) is 0 Å². The molecule has 0 amide bonds. The van der Waals surface area contributed by atoms with Gasteiger partial charge in [0.25, 0.3) is 0 Å². The third kappa shape index (κ3) is 6.07. The van der Waals surface area contributed by atoms with Gasteiger partial charge in [0.2, 0.25) is 0 Å². The number of hydrogen-bond donors (Lipinski definition) is 2. The monoisotopic (exact) mass is 447 g/mol. The van der Waals surface area contributed by atoms with Crippen LogP contribution in [0.3, 0.4) is 0 Å². The number of esters is 2. The van der Waals surface area contributed by atoms with Gasteiger partial charge in [-0.1, -0.05) is 29.8 Å². The van der Waals surface area contributed by atoms with Crippen LogP contribution in [-0.4, -0.2) is 52.0 Å². The highest BCUT2D eigenvalue weighted by molar-refractivity contribution is 6.31. The van der Waals surface area contributed by atoms with E-state index in [0.717, 1.165) is 0 Å². The zero-order valence-electron chi connectivity index (χ0n) is 17.8. The molecular formula is C22H26ClN3O5. The summed E-state index contributed by atoms with van der Waals surface area (Å²) in [7, 11) is 1.28. The van der Waals surface area contributed by atoms with Crippen molar-refractivity contribution in [3.05, 3.63) is 57.4 Å². The van der Waals surface area contributed by atoms with E-state index >= 15 is 0 Å². The predicted molar refractivity (Wildman–Crippen MR) is 115 cm³/mol. The molecule has 1 aromatic carbocycles. The van der Waals surface area contributed by atoms with E-state index in [1.54, 1.807) is 38.1 Å². The maximum Gasteiger partial charge on any atom is 0.336 e. The standard InChI is InChI=1S/C22H26ClN3O5/c1-4-31-22(28)20-17(13-30-12-11-25-10-9-24)26-14(2)18(21(27)29-3)19(20)15-7-5-6-8-16(15)23/h5-8,19,25-26H,4,10-13H2,1-3H3. The van der Waals surface area contributed by atoms with E-state index in [4.69, 9.17) is 31.1 Å². The average Bonchev–Trinajstić information content (AvgIpc) is 2.75. The number of carbonyl (C=O) groups is 2. The highest BCUT2D eigenvalue weighted by Gasteiger charge is 2.39. The summed E-state index contributed by atoms with van der Waals surface area (Å²) in [5.41, 5.74) is 2.12. The molecule has 0 spiro atoms. The summed E-state index contributed by atoms with van der Waals surface area (Å²) in [5, 5.41) is 15.0. The van der Waals surface area contributed by atoms with E-state index in [0.29, 0.717) is 35.1 Å². The van der Waals surface area contributed by atoms with Crippen LogP contribution in [0.4, 0.5) is 0 Å². The Bertz CT molecular complexity index is 920. The van der Waals surface area contributed by atoms with Crippen LogP contribution in [0.1, 0.15) is 25.3 Å². The number of nitriles is 1. The molecule has 0 saturated heterocycles. The van der Waals surface area contributed by atoms with Crippen LogP contribution in [0.25, 0.3) is 0 Å². The van der Waals surface area contributed by atoms with Crippen molar-refractivity contribution in [3.8, 4) is 6.07 Å². The number of ether oxygens (including phenoxy) is 3. The second kappa shape index (κ2) is 12.1. The SMILES string of the molecule is CCOC(=O)C1=C(COCCNCC#N)NC(C)=C(C(=O)OC)C1c1ccccc1Cl. The van der Waals surface area contributed by atoms with Gasteiger partial charge >= 0.3 is 11.9 Å². The molecule has 0 saturated carbocycles. The minimum Gasteiger partial charge on any atom is -0.466 e. The zero-order chi connectivity index (χ0) is 22.8. The summed E-state index contributed by atoms with van der Waals surface area (Å²) >= 11 is 6.45. The molecule has 0 aromatic heterocycles. The van der Waals surface area contributed by atoms with Gasteiger partial charge in [0, 0.05) is 17.3 Å². The molecule has 2 N–H and O–H groups in total. The van der Waals surface area contributed by atoms with Crippen LogP contribution in [0, 0.1) is 11.3 Å². The van der Waals surface area contributed by atoms with Crippen molar-refractivity contribution in [2.45, 2.75) is 19.8 Å². The first-order valence-corrected chi connectivity index (χ1v) is 10.2. The molecule has 0 bridgehead atoms. The molecule has 0 radical (unpaired) electrons. The van der Waals surface area contributed by atoms with Crippen molar-refractivity contribution in [1.82, 2.24) is 10.6 Å². The highest BCUT2D eigenvalue weighted by Crippen LogP contribution is 2.41. The second-order valence-corrected chi connectivity index (χ2v) is 7.02. The van der Waals surface area contributed by atoms with E-state index in [1.807, 2.05) is 6.07 Å². The van der Waals surface area contributed by atoms with E-state index in [1.165, 1.54) is 7.11 Å². The molecule has 1 atom stereocenters. The van der Waals surface area contributed by atoms with Gasteiger partial charge in [-0.2, -0.15) is 5.26 Å². The summed E-state index contributed by atoms with van der Waals surface area (Å²) in [6.07, 6.45) is 0. The molecule has 166 valence electrons. The van der Waals surface area contributed by atoms with Crippen LogP contribution < -0.4 is 10.6 Å². The van der Waals surface area contributed by atoms with Crippen molar-refractivity contribution in [2.24, 2.45) is 0 Å². The zero-order valence-corrected chi connectivity index (χ0v) is 18.5. The topological polar surface area (TPSA) is 110 Å². The Morgan fingerprint density at radius 1 is 1.26 bits per heavy atom. The largest absolute Gasteiger partial charge is 0.466 e. The minimum absolute atomic E-state index is 0.0785. The first kappa shape index (κ1) is 24.4. The molecule has 0 fully saturated rings. The number of hydrogen-bond acceptors (Lipinski definition) is 8. The summed E-state index contributed by atoms with van der Waals surface area (Å²) in [6, 6.07) is 9.00. The normalized spacial score (nSPS) is 15.9. The maximum atomic E-state index is 13.0. The van der Waals surface area contributed by atoms with E-state index in [2.05, 4.69) is 10.6 Å². The van der Waals surface area contributed by atoms with Gasteiger partial charge in [-0.05, 0) is 25.5 Å². The molecular weight excluding hydrogens is 422 g/mol. The number of allylic oxidation sites excluding steroid dienone is 1. The minimum atomic E-state index is -0.781. The van der Waals surface area contributed by atoms with Crippen LogP contribution in [0.15, 0.2) is 46.8 Å². The fourth-order valence-corrected chi connectivity index (χ4v) is 3.57. The van der Waals surface area contributed by atoms with Crippen molar-refractivity contribution < 1.29 is 23.8 Å². The predicted octanol–water partition coefficient (Wildman–Crippen LogP) is 2.42. The van der Waals surface area contributed by atoms with Gasteiger partial charge in [0.1, 0.15) is 0 Å². The summed E-state index contributed by atoms with van der Waals surface area (Å²) in [4.78, 5) is 25.7. The van der Waals surface area contributed by atoms with Crippen molar-refractivity contribution in [2.75, 3.05) is 40.0 Å². The number of methoxy groups -OCH3 is 1. The number of dihydropyridines is 1. The van der Waals surface area contributed by atoms with E-state index in [-0.39, 0.29) is 30.9 Å². The lowest BCUT2D eigenvalue weighted by molar-refractivity contribution is -0.139.